The number of rotatable bonds is 7. The summed E-state index contributed by atoms with van der Waals surface area (Å²) in [6.45, 7) is 2.24. The predicted molar refractivity (Wildman–Crippen MR) is 107 cm³/mol. The van der Waals surface area contributed by atoms with Crippen molar-refractivity contribution in [1.29, 1.82) is 0 Å². The molecule has 2 N–H and O–H groups in total. The summed E-state index contributed by atoms with van der Waals surface area (Å²) in [7, 11) is -4.41. The van der Waals surface area contributed by atoms with Gasteiger partial charge in [-0.3, -0.25) is 4.55 Å². The minimum atomic E-state index is -4.41. The van der Waals surface area contributed by atoms with Crippen molar-refractivity contribution in [2.24, 2.45) is 0 Å². The highest BCUT2D eigenvalue weighted by Gasteiger charge is 2.38. The van der Waals surface area contributed by atoms with E-state index in [0.29, 0.717) is 12.2 Å². The molecule has 2 aromatic rings. The Hall–Kier alpha value is -2.68. The Labute approximate surface area is 170 Å². The van der Waals surface area contributed by atoms with Crippen molar-refractivity contribution >= 4 is 16.2 Å². The lowest BCUT2D eigenvalue weighted by Crippen LogP contribution is -2.55. The molecule has 0 unspecified atom stereocenters. The Kier molecular flexibility index (Phi) is 6.36. The van der Waals surface area contributed by atoms with Gasteiger partial charge in [-0.15, -0.1) is 0 Å². The van der Waals surface area contributed by atoms with Gasteiger partial charge in [-0.1, -0.05) is 60.7 Å². The standard InChI is InChI=1S/C21H23NO6S/c1-21(19-12-7-13-27-19,14-17-10-5-6-11-18(17)29(24,25)26)22-20(23)28-15-16-8-3-2-4-9-16/h2-12,19H,13-15H2,1H3,(H,22,23)(H,24,25,26)/t19-,21+/m0/s1. The van der Waals surface area contributed by atoms with Gasteiger partial charge in [0.25, 0.3) is 10.1 Å². The van der Waals surface area contributed by atoms with Crippen molar-refractivity contribution in [3.63, 3.8) is 0 Å². The molecule has 2 atom stereocenters. The summed E-state index contributed by atoms with van der Waals surface area (Å²) in [4.78, 5) is 12.3. The molecule has 0 spiro atoms. The summed E-state index contributed by atoms with van der Waals surface area (Å²) < 4.78 is 44.0. The van der Waals surface area contributed by atoms with Crippen LogP contribution < -0.4 is 5.32 Å². The molecule has 1 amide bonds. The van der Waals surface area contributed by atoms with Crippen LogP contribution in [0.4, 0.5) is 4.79 Å². The molecule has 0 aromatic heterocycles. The van der Waals surface area contributed by atoms with Crippen molar-refractivity contribution in [3.8, 4) is 0 Å². The second kappa shape index (κ2) is 8.77. The number of benzene rings is 2. The van der Waals surface area contributed by atoms with Gasteiger partial charge in [-0.2, -0.15) is 8.42 Å². The first-order chi connectivity index (χ1) is 13.8. The fourth-order valence-corrected chi connectivity index (χ4v) is 4.02. The Morgan fingerprint density at radius 1 is 1.21 bits per heavy atom. The number of hydrogen-bond acceptors (Lipinski definition) is 5. The van der Waals surface area contributed by atoms with Gasteiger partial charge in [0.05, 0.1) is 23.1 Å². The van der Waals surface area contributed by atoms with Gasteiger partial charge in [-0.05, 0) is 30.5 Å². The largest absolute Gasteiger partial charge is 0.445 e. The lowest BCUT2D eigenvalue weighted by Gasteiger charge is -2.35. The van der Waals surface area contributed by atoms with Crippen molar-refractivity contribution in [1.82, 2.24) is 5.32 Å². The highest BCUT2D eigenvalue weighted by molar-refractivity contribution is 7.85. The lowest BCUT2D eigenvalue weighted by molar-refractivity contribution is 0.0461. The van der Waals surface area contributed by atoms with Crippen LogP contribution in [0.3, 0.4) is 0 Å². The maximum atomic E-state index is 12.5. The molecule has 0 saturated carbocycles. The number of amides is 1. The molecule has 3 rings (SSSR count). The van der Waals surface area contributed by atoms with Crippen LogP contribution in [0.1, 0.15) is 18.1 Å². The van der Waals surface area contributed by atoms with Crippen molar-refractivity contribution in [2.45, 2.75) is 36.5 Å². The van der Waals surface area contributed by atoms with Crippen LogP contribution in [0.15, 0.2) is 71.6 Å². The second-order valence-corrected chi connectivity index (χ2v) is 8.44. The first-order valence-electron chi connectivity index (χ1n) is 9.10. The molecule has 1 aliphatic heterocycles. The molecular weight excluding hydrogens is 394 g/mol. The molecule has 0 fully saturated rings. The quantitative estimate of drug-likeness (QED) is 0.530. The zero-order valence-corrected chi connectivity index (χ0v) is 16.8. The molecule has 29 heavy (non-hydrogen) atoms. The maximum absolute atomic E-state index is 12.5. The Balaban J connectivity index is 1.80. The average molecular weight is 417 g/mol. The summed E-state index contributed by atoms with van der Waals surface area (Å²) in [5.74, 6) is 0. The molecule has 8 heteroatoms. The Bertz CT molecular complexity index is 989. The van der Waals surface area contributed by atoms with E-state index in [9.17, 15) is 17.8 Å². The smallest absolute Gasteiger partial charge is 0.408 e. The third-order valence-corrected chi connectivity index (χ3v) is 5.67. The van der Waals surface area contributed by atoms with Crippen LogP contribution in [0.2, 0.25) is 0 Å². The summed E-state index contributed by atoms with van der Waals surface area (Å²) in [5, 5.41) is 2.82. The summed E-state index contributed by atoms with van der Waals surface area (Å²) in [5.41, 5.74) is 0.213. The number of nitrogens with one attached hydrogen (secondary N) is 1. The van der Waals surface area contributed by atoms with Crippen LogP contribution in [-0.2, 0) is 32.6 Å². The van der Waals surface area contributed by atoms with E-state index in [0.717, 1.165) is 5.56 Å². The maximum Gasteiger partial charge on any atom is 0.408 e. The molecule has 2 aromatic carbocycles. The van der Waals surface area contributed by atoms with Gasteiger partial charge in [0.1, 0.15) is 6.61 Å². The van der Waals surface area contributed by atoms with E-state index in [-0.39, 0.29) is 17.9 Å². The molecular formula is C21H23NO6S. The molecule has 154 valence electrons. The lowest BCUT2D eigenvalue weighted by atomic mass is 9.87. The predicted octanol–water partition coefficient (Wildman–Crippen LogP) is 3.12. The van der Waals surface area contributed by atoms with Crippen molar-refractivity contribution < 1.29 is 27.2 Å². The van der Waals surface area contributed by atoms with Gasteiger partial charge in [0.15, 0.2) is 0 Å². The van der Waals surface area contributed by atoms with Gasteiger partial charge >= 0.3 is 6.09 Å². The number of ether oxygens (including phenoxy) is 2. The van der Waals surface area contributed by atoms with Crippen molar-refractivity contribution in [2.75, 3.05) is 6.61 Å². The van der Waals surface area contributed by atoms with Crippen LogP contribution >= 0.6 is 0 Å². The van der Waals surface area contributed by atoms with Crippen LogP contribution in [0.25, 0.3) is 0 Å². The number of hydrogen-bond donors (Lipinski definition) is 2. The van der Waals surface area contributed by atoms with E-state index in [2.05, 4.69) is 5.32 Å². The van der Waals surface area contributed by atoms with Gasteiger partial charge in [0, 0.05) is 0 Å². The van der Waals surface area contributed by atoms with Crippen LogP contribution in [-0.4, -0.2) is 37.3 Å². The first-order valence-corrected chi connectivity index (χ1v) is 10.5. The van der Waals surface area contributed by atoms with E-state index < -0.39 is 27.9 Å². The molecule has 0 bridgehead atoms. The van der Waals surface area contributed by atoms with Crippen molar-refractivity contribution in [3.05, 3.63) is 77.9 Å². The number of carbonyl (C=O) groups is 1. The average Bonchev–Trinajstić information content (AvgIpc) is 3.22. The van der Waals surface area contributed by atoms with E-state index in [4.69, 9.17) is 9.47 Å². The monoisotopic (exact) mass is 417 g/mol. The third kappa shape index (κ3) is 5.44. The topological polar surface area (TPSA) is 102 Å². The normalized spacial score (nSPS) is 18.2. The molecule has 1 heterocycles. The fraction of sp³-hybridized carbons (Fsp3) is 0.286. The van der Waals surface area contributed by atoms with Gasteiger partial charge in [-0.25, -0.2) is 4.79 Å². The zero-order chi connectivity index (χ0) is 20.9. The third-order valence-electron chi connectivity index (χ3n) is 4.72. The highest BCUT2D eigenvalue weighted by atomic mass is 32.2. The second-order valence-electron chi connectivity index (χ2n) is 7.05. The van der Waals surface area contributed by atoms with E-state index in [1.165, 1.54) is 12.1 Å². The minimum Gasteiger partial charge on any atom is -0.445 e. The van der Waals surface area contributed by atoms with Crippen LogP contribution in [0, 0.1) is 0 Å². The highest BCUT2D eigenvalue weighted by Crippen LogP contribution is 2.27. The Morgan fingerprint density at radius 3 is 2.55 bits per heavy atom. The minimum absolute atomic E-state index is 0.103. The molecule has 7 nitrogen and oxygen atoms in total. The number of carbonyl (C=O) groups excluding carboxylic acids is 1. The molecule has 1 aliphatic rings. The molecule has 0 saturated heterocycles. The fourth-order valence-electron chi connectivity index (χ4n) is 3.30. The van der Waals surface area contributed by atoms with Crippen LogP contribution in [0.5, 0.6) is 0 Å². The SMILES string of the molecule is C[C@](Cc1ccccc1S(=O)(=O)O)(NC(=O)OCc1ccccc1)[C@@H]1C=CCO1. The van der Waals surface area contributed by atoms with Gasteiger partial charge in [0.2, 0.25) is 0 Å². The summed E-state index contributed by atoms with van der Waals surface area (Å²) in [6.07, 6.45) is 2.62. The van der Waals surface area contributed by atoms with Gasteiger partial charge < -0.3 is 14.8 Å². The van der Waals surface area contributed by atoms with E-state index >= 15 is 0 Å². The van der Waals surface area contributed by atoms with E-state index in [1.807, 2.05) is 42.5 Å². The summed E-state index contributed by atoms with van der Waals surface area (Å²) >= 11 is 0. The molecule has 0 aliphatic carbocycles. The number of alkyl carbamates (subject to hydrolysis) is 1. The van der Waals surface area contributed by atoms with E-state index in [1.54, 1.807) is 19.1 Å². The summed E-state index contributed by atoms with van der Waals surface area (Å²) in [6, 6.07) is 15.4. The first kappa shape index (κ1) is 21.0. The Morgan fingerprint density at radius 2 is 1.90 bits per heavy atom. The zero-order valence-electron chi connectivity index (χ0n) is 15.9. The molecule has 0 radical (unpaired) electrons.